The van der Waals surface area contributed by atoms with Gasteiger partial charge < -0.3 is 15.5 Å². The van der Waals surface area contributed by atoms with Gasteiger partial charge in [0.15, 0.2) is 0 Å². The maximum absolute atomic E-state index is 11.8. The second-order valence-corrected chi connectivity index (χ2v) is 5.14. The lowest BCUT2D eigenvalue weighted by Crippen LogP contribution is -2.47. The van der Waals surface area contributed by atoms with Gasteiger partial charge in [-0.2, -0.15) is 0 Å². The van der Waals surface area contributed by atoms with E-state index in [0.717, 1.165) is 32.7 Å². The van der Waals surface area contributed by atoms with Gasteiger partial charge in [0.2, 0.25) is 11.8 Å². The van der Waals surface area contributed by atoms with Crippen LogP contribution in [0.4, 0.5) is 0 Å². The van der Waals surface area contributed by atoms with Gasteiger partial charge in [-0.05, 0) is 7.05 Å². The number of piperazine rings is 1. The van der Waals surface area contributed by atoms with Crippen molar-refractivity contribution in [2.75, 3.05) is 52.9 Å². The van der Waals surface area contributed by atoms with Crippen molar-refractivity contribution in [3.8, 4) is 0 Å². The summed E-state index contributed by atoms with van der Waals surface area (Å²) in [5.41, 5.74) is 0. The molecule has 2 fully saturated rings. The first-order valence-corrected chi connectivity index (χ1v) is 6.60. The van der Waals surface area contributed by atoms with E-state index in [-0.39, 0.29) is 17.7 Å². The number of hydrogen-bond donors (Lipinski definition) is 2. The third-order valence-electron chi connectivity index (χ3n) is 3.67. The second kappa shape index (κ2) is 6.15. The molecule has 1 atom stereocenters. The molecule has 102 valence electrons. The molecule has 6 nitrogen and oxygen atoms in total. The number of likely N-dealkylation sites (N-methyl/N-ethyl adjacent to an activating group) is 1. The zero-order valence-corrected chi connectivity index (χ0v) is 10.9. The maximum Gasteiger partial charge on any atom is 0.225 e. The standard InChI is InChI=1S/C12H22N4O2/c1-15-4-6-16(7-5-15)3-2-13-12(18)10-8-11(17)14-9-10/h10H,2-9H2,1H3,(H,13,18)(H,14,17). The summed E-state index contributed by atoms with van der Waals surface area (Å²) in [6.45, 7) is 6.37. The molecule has 1 unspecified atom stereocenters. The molecule has 0 aromatic carbocycles. The van der Waals surface area contributed by atoms with E-state index >= 15 is 0 Å². The SMILES string of the molecule is CN1CCN(CCNC(=O)C2CNC(=O)C2)CC1. The number of carbonyl (C=O) groups is 2. The molecule has 0 aliphatic carbocycles. The molecule has 2 amide bonds. The van der Waals surface area contributed by atoms with E-state index in [1.54, 1.807) is 0 Å². The molecular formula is C12H22N4O2. The average molecular weight is 254 g/mol. The van der Waals surface area contributed by atoms with Crippen LogP contribution in [-0.4, -0.2) is 74.5 Å². The quantitative estimate of drug-likeness (QED) is 0.640. The third kappa shape index (κ3) is 3.68. The van der Waals surface area contributed by atoms with E-state index in [0.29, 0.717) is 19.5 Å². The molecule has 0 aromatic heterocycles. The molecule has 2 saturated heterocycles. The molecule has 0 aromatic rings. The Labute approximate surface area is 108 Å². The van der Waals surface area contributed by atoms with Crippen molar-refractivity contribution in [2.24, 2.45) is 5.92 Å². The highest BCUT2D eigenvalue weighted by Crippen LogP contribution is 2.08. The highest BCUT2D eigenvalue weighted by Gasteiger charge is 2.27. The lowest BCUT2D eigenvalue weighted by molar-refractivity contribution is -0.126. The lowest BCUT2D eigenvalue weighted by Gasteiger charge is -2.32. The fourth-order valence-electron chi connectivity index (χ4n) is 2.34. The van der Waals surface area contributed by atoms with Crippen molar-refractivity contribution in [2.45, 2.75) is 6.42 Å². The minimum absolute atomic E-state index is 0.00229. The van der Waals surface area contributed by atoms with Crippen LogP contribution in [0, 0.1) is 5.92 Å². The Hall–Kier alpha value is -1.14. The van der Waals surface area contributed by atoms with Gasteiger partial charge in [0.05, 0.1) is 5.92 Å². The molecule has 18 heavy (non-hydrogen) atoms. The zero-order chi connectivity index (χ0) is 13.0. The van der Waals surface area contributed by atoms with Gasteiger partial charge in [-0.1, -0.05) is 0 Å². The molecule has 0 bridgehead atoms. The molecule has 0 spiro atoms. The minimum Gasteiger partial charge on any atom is -0.355 e. The van der Waals surface area contributed by atoms with Gasteiger partial charge in [-0.3, -0.25) is 14.5 Å². The first kappa shape index (κ1) is 13.3. The van der Waals surface area contributed by atoms with Crippen LogP contribution >= 0.6 is 0 Å². The molecule has 2 aliphatic heterocycles. The fraction of sp³-hybridized carbons (Fsp3) is 0.833. The van der Waals surface area contributed by atoms with Crippen LogP contribution in [0.2, 0.25) is 0 Å². The molecule has 0 saturated carbocycles. The Morgan fingerprint density at radius 1 is 1.39 bits per heavy atom. The summed E-state index contributed by atoms with van der Waals surface area (Å²) < 4.78 is 0. The van der Waals surface area contributed by atoms with Gasteiger partial charge in [-0.25, -0.2) is 0 Å². The van der Waals surface area contributed by atoms with Crippen LogP contribution in [0.5, 0.6) is 0 Å². The summed E-state index contributed by atoms with van der Waals surface area (Å²) in [6, 6.07) is 0. The summed E-state index contributed by atoms with van der Waals surface area (Å²) >= 11 is 0. The smallest absolute Gasteiger partial charge is 0.225 e. The Morgan fingerprint density at radius 2 is 2.11 bits per heavy atom. The van der Waals surface area contributed by atoms with E-state index in [1.807, 2.05) is 0 Å². The first-order valence-electron chi connectivity index (χ1n) is 6.60. The molecule has 2 heterocycles. The molecule has 2 aliphatic rings. The number of rotatable bonds is 4. The summed E-state index contributed by atoms with van der Waals surface area (Å²) in [6.07, 6.45) is 0.334. The minimum atomic E-state index is -0.176. The Bertz CT molecular complexity index is 313. The van der Waals surface area contributed by atoms with Crippen molar-refractivity contribution >= 4 is 11.8 Å². The maximum atomic E-state index is 11.8. The highest BCUT2D eigenvalue weighted by atomic mass is 16.2. The van der Waals surface area contributed by atoms with Crippen LogP contribution in [-0.2, 0) is 9.59 Å². The van der Waals surface area contributed by atoms with Crippen LogP contribution in [0.1, 0.15) is 6.42 Å². The van der Waals surface area contributed by atoms with Crippen molar-refractivity contribution in [3.63, 3.8) is 0 Å². The second-order valence-electron chi connectivity index (χ2n) is 5.14. The number of carbonyl (C=O) groups excluding carboxylic acids is 2. The van der Waals surface area contributed by atoms with Crippen molar-refractivity contribution < 1.29 is 9.59 Å². The predicted molar refractivity (Wildman–Crippen MR) is 68.1 cm³/mol. The summed E-state index contributed by atoms with van der Waals surface area (Å²) in [5, 5.41) is 5.60. The molecule has 6 heteroatoms. The first-order chi connectivity index (χ1) is 8.65. The molecule has 0 radical (unpaired) electrons. The fourth-order valence-corrected chi connectivity index (χ4v) is 2.34. The predicted octanol–water partition coefficient (Wildman–Crippen LogP) is -1.51. The van der Waals surface area contributed by atoms with Crippen molar-refractivity contribution in [1.29, 1.82) is 0 Å². The number of hydrogen-bond acceptors (Lipinski definition) is 4. The Kier molecular flexibility index (Phi) is 4.54. The number of nitrogens with one attached hydrogen (secondary N) is 2. The van der Waals surface area contributed by atoms with Crippen molar-refractivity contribution in [1.82, 2.24) is 20.4 Å². The lowest BCUT2D eigenvalue weighted by atomic mass is 10.1. The van der Waals surface area contributed by atoms with E-state index in [4.69, 9.17) is 0 Å². The average Bonchev–Trinajstić information content (AvgIpc) is 2.78. The Morgan fingerprint density at radius 3 is 2.72 bits per heavy atom. The Balaban J connectivity index is 1.60. The summed E-state index contributed by atoms with van der Waals surface area (Å²) in [7, 11) is 2.13. The van der Waals surface area contributed by atoms with Crippen molar-refractivity contribution in [3.05, 3.63) is 0 Å². The van der Waals surface area contributed by atoms with Gasteiger partial charge in [-0.15, -0.1) is 0 Å². The topological polar surface area (TPSA) is 64.7 Å². The van der Waals surface area contributed by atoms with Crippen LogP contribution in [0.3, 0.4) is 0 Å². The van der Waals surface area contributed by atoms with Gasteiger partial charge in [0.25, 0.3) is 0 Å². The largest absolute Gasteiger partial charge is 0.355 e. The summed E-state index contributed by atoms with van der Waals surface area (Å²) in [4.78, 5) is 27.4. The van der Waals surface area contributed by atoms with Crippen LogP contribution in [0.15, 0.2) is 0 Å². The monoisotopic (exact) mass is 254 g/mol. The zero-order valence-electron chi connectivity index (χ0n) is 10.9. The molecule has 2 rings (SSSR count). The van der Waals surface area contributed by atoms with Crippen LogP contribution in [0.25, 0.3) is 0 Å². The summed E-state index contributed by atoms with van der Waals surface area (Å²) in [5.74, 6) is -0.193. The van der Waals surface area contributed by atoms with E-state index in [1.165, 1.54) is 0 Å². The van der Waals surface area contributed by atoms with E-state index in [2.05, 4.69) is 27.5 Å². The van der Waals surface area contributed by atoms with Gasteiger partial charge in [0, 0.05) is 52.2 Å². The molecular weight excluding hydrogens is 232 g/mol. The third-order valence-corrected chi connectivity index (χ3v) is 3.67. The highest BCUT2D eigenvalue weighted by molar-refractivity contribution is 5.89. The molecule has 2 N–H and O–H groups in total. The normalized spacial score (nSPS) is 26.1. The van der Waals surface area contributed by atoms with Crippen LogP contribution < -0.4 is 10.6 Å². The van der Waals surface area contributed by atoms with E-state index < -0.39 is 0 Å². The van der Waals surface area contributed by atoms with Gasteiger partial charge in [0.1, 0.15) is 0 Å². The van der Waals surface area contributed by atoms with Gasteiger partial charge >= 0.3 is 0 Å². The number of nitrogens with zero attached hydrogens (tertiary/aromatic N) is 2. The number of amides is 2. The van der Waals surface area contributed by atoms with E-state index in [9.17, 15) is 9.59 Å².